The first kappa shape index (κ1) is 19.0. The van der Waals surface area contributed by atoms with Crippen LogP contribution in [-0.2, 0) is 19.4 Å². The molecule has 1 unspecified atom stereocenters. The van der Waals surface area contributed by atoms with Crippen molar-refractivity contribution in [1.82, 2.24) is 4.90 Å². The van der Waals surface area contributed by atoms with E-state index in [1.165, 1.54) is 29.2 Å². The molecule has 0 spiro atoms. The van der Waals surface area contributed by atoms with Crippen molar-refractivity contribution in [2.45, 2.75) is 12.5 Å². The molecule has 0 saturated carbocycles. The van der Waals surface area contributed by atoms with E-state index in [0.717, 1.165) is 0 Å². The first-order chi connectivity index (χ1) is 12.9. The van der Waals surface area contributed by atoms with Gasteiger partial charge in [-0.05, 0) is 36.2 Å². The third-order valence-corrected chi connectivity index (χ3v) is 6.12. The second-order valence-electron chi connectivity index (χ2n) is 6.35. The Morgan fingerprint density at radius 2 is 1.70 bits per heavy atom. The SMILES string of the molecule is O=C(Nc1ccc(F)cc1)C(=O)N1CCCS(=O)(=O)CC1c1ccccc1. The van der Waals surface area contributed by atoms with Gasteiger partial charge in [0.15, 0.2) is 9.84 Å². The Balaban J connectivity index is 1.85. The molecule has 3 rings (SSSR count). The van der Waals surface area contributed by atoms with Gasteiger partial charge in [-0.25, -0.2) is 12.8 Å². The fourth-order valence-corrected chi connectivity index (χ4v) is 4.66. The van der Waals surface area contributed by atoms with Gasteiger partial charge in [0.2, 0.25) is 0 Å². The van der Waals surface area contributed by atoms with E-state index in [2.05, 4.69) is 5.32 Å². The van der Waals surface area contributed by atoms with Gasteiger partial charge in [-0.1, -0.05) is 30.3 Å². The topological polar surface area (TPSA) is 83.6 Å². The van der Waals surface area contributed by atoms with Crippen molar-refractivity contribution >= 4 is 27.3 Å². The van der Waals surface area contributed by atoms with Gasteiger partial charge in [0.05, 0.1) is 17.5 Å². The number of nitrogens with zero attached hydrogens (tertiary/aromatic N) is 1. The summed E-state index contributed by atoms with van der Waals surface area (Å²) in [6, 6.07) is 13.1. The number of carbonyl (C=O) groups excluding carboxylic acids is 2. The summed E-state index contributed by atoms with van der Waals surface area (Å²) in [4.78, 5) is 26.5. The first-order valence-electron chi connectivity index (χ1n) is 8.48. The number of amides is 2. The third-order valence-electron chi connectivity index (χ3n) is 4.38. The van der Waals surface area contributed by atoms with Crippen LogP contribution in [0.3, 0.4) is 0 Å². The van der Waals surface area contributed by atoms with Crippen molar-refractivity contribution in [3.63, 3.8) is 0 Å². The van der Waals surface area contributed by atoms with Gasteiger partial charge in [-0.2, -0.15) is 0 Å². The molecule has 1 aliphatic heterocycles. The molecule has 1 fully saturated rings. The monoisotopic (exact) mass is 390 g/mol. The van der Waals surface area contributed by atoms with Crippen LogP contribution >= 0.6 is 0 Å². The predicted molar refractivity (Wildman–Crippen MR) is 99.2 cm³/mol. The van der Waals surface area contributed by atoms with Gasteiger partial charge < -0.3 is 10.2 Å². The summed E-state index contributed by atoms with van der Waals surface area (Å²) in [6.07, 6.45) is 0.265. The lowest BCUT2D eigenvalue weighted by Gasteiger charge is -2.29. The normalized spacial score (nSPS) is 19.1. The Morgan fingerprint density at radius 3 is 2.37 bits per heavy atom. The Bertz CT molecular complexity index is 930. The Kier molecular flexibility index (Phi) is 5.55. The van der Waals surface area contributed by atoms with Crippen molar-refractivity contribution in [2.75, 3.05) is 23.4 Å². The minimum absolute atomic E-state index is 0.0281. The van der Waals surface area contributed by atoms with Crippen LogP contribution in [-0.4, -0.2) is 43.2 Å². The number of hydrogen-bond donors (Lipinski definition) is 1. The first-order valence-corrected chi connectivity index (χ1v) is 10.3. The number of hydrogen-bond acceptors (Lipinski definition) is 4. The zero-order valence-corrected chi connectivity index (χ0v) is 15.3. The molecule has 1 heterocycles. The molecule has 0 aliphatic carbocycles. The van der Waals surface area contributed by atoms with Crippen molar-refractivity contribution in [1.29, 1.82) is 0 Å². The zero-order chi connectivity index (χ0) is 19.4. The maximum atomic E-state index is 13.0. The highest BCUT2D eigenvalue weighted by Gasteiger charge is 2.35. The van der Waals surface area contributed by atoms with Crippen molar-refractivity contribution in [3.8, 4) is 0 Å². The molecule has 0 aromatic heterocycles. The van der Waals surface area contributed by atoms with Crippen molar-refractivity contribution in [3.05, 3.63) is 66.0 Å². The van der Waals surface area contributed by atoms with E-state index in [4.69, 9.17) is 0 Å². The molecular weight excluding hydrogens is 371 g/mol. The van der Waals surface area contributed by atoms with Crippen LogP contribution in [0.5, 0.6) is 0 Å². The fourth-order valence-electron chi connectivity index (χ4n) is 3.07. The van der Waals surface area contributed by atoms with Crippen LogP contribution in [0.15, 0.2) is 54.6 Å². The molecule has 8 heteroatoms. The Morgan fingerprint density at radius 1 is 1.04 bits per heavy atom. The Labute approximate surface area is 156 Å². The quantitative estimate of drug-likeness (QED) is 0.797. The van der Waals surface area contributed by atoms with Crippen LogP contribution in [0.4, 0.5) is 10.1 Å². The molecule has 0 bridgehead atoms. The molecule has 6 nitrogen and oxygen atoms in total. The number of nitrogens with one attached hydrogen (secondary N) is 1. The summed E-state index contributed by atoms with van der Waals surface area (Å²) < 4.78 is 37.5. The number of halogens is 1. The maximum Gasteiger partial charge on any atom is 0.313 e. The predicted octanol–water partition coefficient (Wildman–Crippen LogP) is 2.15. The molecular formula is C19H19FN2O4S. The second-order valence-corrected chi connectivity index (χ2v) is 8.58. The molecule has 1 saturated heterocycles. The van der Waals surface area contributed by atoms with Crippen LogP contribution in [0.2, 0.25) is 0 Å². The van der Waals surface area contributed by atoms with Gasteiger partial charge >= 0.3 is 11.8 Å². The summed E-state index contributed by atoms with van der Waals surface area (Å²) in [6.45, 7) is 0.161. The van der Waals surface area contributed by atoms with Gasteiger partial charge in [-0.15, -0.1) is 0 Å². The summed E-state index contributed by atoms with van der Waals surface area (Å²) in [5.74, 6) is -2.42. The van der Waals surface area contributed by atoms with E-state index in [1.807, 2.05) is 0 Å². The molecule has 27 heavy (non-hydrogen) atoms. The van der Waals surface area contributed by atoms with E-state index >= 15 is 0 Å². The summed E-state index contributed by atoms with van der Waals surface area (Å²) in [5.41, 5.74) is 0.944. The molecule has 2 aromatic rings. The van der Waals surface area contributed by atoms with E-state index < -0.39 is 33.5 Å². The number of sulfone groups is 1. The van der Waals surface area contributed by atoms with E-state index in [9.17, 15) is 22.4 Å². The highest BCUT2D eigenvalue weighted by Crippen LogP contribution is 2.26. The minimum atomic E-state index is -3.34. The van der Waals surface area contributed by atoms with Crippen molar-refractivity contribution in [2.24, 2.45) is 0 Å². The molecule has 0 radical (unpaired) electrons. The Hall–Kier alpha value is -2.74. The van der Waals surface area contributed by atoms with E-state index in [1.54, 1.807) is 30.3 Å². The number of rotatable bonds is 2. The standard InChI is InChI=1S/C19H19FN2O4S/c20-15-7-9-16(10-8-15)21-18(23)19(24)22-11-4-12-27(25,26)13-17(22)14-5-2-1-3-6-14/h1-3,5-10,17H,4,11-13H2,(H,21,23). The average molecular weight is 390 g/mol. The zero-order valence-electron chi connectivity index (χ0n) is 14.5. The molecule has 2 aromatic carbocycles. The molecule has 1 aliphatic rings. The number of carbonyl (C=O) groups is 2. The lowest BCUT2D eigenvalue weighted by Crippen LogP contribution is -2.43. The summed E-state index contributed by atoms with van der Waals surface area (Å²) >= 11 is 0. The third kappa shape index (κ3) is 4.71. The van der Waals surface area contributed by atoms with Crippen molar-refractivity contribution < 1.29 is 22.4 Å². The summed E-state index contributed by atoms with van der Waals surface area (Å²) in [7, 11) is -3.34. The number of benzene rings is 2. The fraction of sp³-hybridized carbons (Fsp3) is 0.263. The summed E-state index contributed by atoms with van der Waals surface area (Å²) in [5, 5.41) is 2.43. The van der Waals surface area contributed by atoms with Gasteiger partial charge in [0.25, 0.3) is 0 Å². The van der Waals surface area contributed by atoms with E-state index in [0.29, 0.717) is 5.56 Å². The van der Waals surface area contributed by atoms with Crippen LogP contribution in [0.1, 0.15) is 18.0 Å². The highest BCUT2D eigenvalue weighted by molar-refractivity contribution is 7.91. The maximum absolute atomic E-state index is 13.0. The molecule has 2 amide bonds. The average Bonchev–Trinajstić information content (AvgIpc) is 2.81. The highest BCUT2D eigenvalue weighted by atomic mass is 32.2. The second kappa shape index (κ2) is 7.87. The minimum Gasteiger partial charge on any atom is -0.326 e. The lowest BCUT2D eigenvalue weighted by molar-refractivity contribution is -0.144. The largest absolute Gasteiger partial charge is 0.326 e. The van der Waals surface area contributed by atoms with Gasteiger partial charge in [0, 0.05) is 12.2 Å². The smallest absolute Gasteiger partial charge is 0.313 e. The molecule has 1 N–H and O–H groups in total. The molecule has 1 atom stereocenters. The van der Waals surface area contributed by atoms with Gasteiger partial charge in [-0.3, -0.25) is 9.59 Å². The van der Waals surface area contributed by atoms with Gasteiger partial charge in [0.1, 0.15) is 5.82 Å². The van der Waals surface area contributed by atoms with Crippen LogP contribution in [0, 0.1) is 5.82 Å². The van der Waals surface area contributed by atoms with Crippen LogP contribution in [0.25, 0.3) is 0 Å². The molecule has 142 valence electrons. The van der Waals surface area contributed by atoms with Crippen LogP contribution < -0.4 is 5.32 Å². The lowest BCUT2D eigenvalue weighted by atomic mass is 10.1. The van der Waals surface area contributed by atoms with E-state index in [-0.39, 0.29) is 30.2 Å². The number of anilines is 1.